The number of fused-ring (bicyclic) bond motifs is 1. The van der Waals surface area contributed by atoms with Crippen molar-refractivity contribution in [3.8, 4) is 0 Å². The Morgan fingerprint density at radius 3 is 2.61 bits per heavy atom. The van der Waals surface area contributed by atoms with Crippen molar-refractivity contribution in [2.75, 3.05) is 25.0 Å². The Kier molecular flexibility index (Phi) is 6.18. The number of nitrogens with one attached hydrogen (secondary N) is 2. The van der Waals surface area contributed by atoms with E-state index in [9.17, 15) is 22.4 Å². The third-order valence-corrected chi connectivity index (χ3v) is 6.25. The highest BCUT2D eigenvalue weighted by molar-refractivity contribution is 5.81. The van der Waals surface area contributed by atoms with Crippen LogP contribution < -0.4 is 11.1 Å². The summed E-state index contributed by atoms with van der Waals surface area (Å²) in [5.74, 6) is -1.20. The lowest BCUT2D eigenvalue weighted by molar-refractivity contribution is -0.138. The number of halogens is 4. The van der Waals surface area contributed by atoms with Gasteiger partial charge in [-0.1, -0.05) is 12.1 Å². The lowest BCUT2D eigenvalue weighted by Gasteiger charge is -2.37. The fourth-order valence-corrected chi connectivity index (χ4v) is 4.51. The SMILES string of the molecule is N=C(N)N1CCCC(C(=O)N2CCc3c(cccc3Nc3ccc(C(F)(F)F)cc3F)C2)C1. The first-order chi connectivity index (χ1) is 15.6. The zero-order chi connectivity index (χ0) is 23.8. The van der Waals surface area contributed by atoms with E-state index in [4.69, 9.17) is 11.1 Å². The first-order valence-electron chi connectivity index (χ1n) is 10.8. The van der Waals surface area contributed by atoms with E-state index in [0.29, 0.717) is 44.4 Å². The molecule has 2 aromatic rings. The fraction of sp³-hybridized carbons (Fsp3) is 0.391. The third-order valence-electron chi connectivity index (χ3n) is 6.25. The van der Waals surface area contributed by atoms with Gasteiger partial charge in [0.15, 0.2) is 5.96 Å². The normalized spacial score (nSPS) is 18.6. The van der Waals surface area contributed by atoms with Crippen LogP contribution in [0.2, 0.25) is 0 Å². The third kappa shape index (κ3) is 4.89. The number of guanidine groups is 1. The number of carbonyl (C=O) groups excluding carboxylic acids is 1. The van der Waals surface area contributed by atoms with Gasteiger partial charge in [0, 0.05) is 31.9 Å². The summed E-state index contributed by atoms with van der Waals surface area (Å²) >= 11 is 0. The number of anilines is 2. The molecule has 4 N–H and O–H groups in total. The molecule has 0 spiro atoms. The van der Waals surface area contributed by atoms with E-state index in [1.807, 2.05) is 6.07 Å². The van der Waals surface area contributed by atoms with Gasteiger partial charge in [-0.25, -0.2) is 4.39 Å². The number of benzene rings is 2. The van der Waals surface area contributed by atoms with Crippen LogP contribution in [0.4, 0.5) is 28.9 Å². The molecule has 2 aromatic carbocycles. The molecule has 2 aliphatic rings. The molecule has 4 rings (SSSR count). The Bertz CT molecular complexity index is 1070. The van der Waals surface area contributed by atoms with Gasteiger partial charge >= 0.3 is 6.18 Å². The molecule has 1 amide bonds. The lowest BCUT2D eigenvalue weighted by Crippen LogP contribution is -2.49. The maximum Gasteiger partial charge on any atom is 0.416 e. The molecule has 0 aliphatic carbocycles. The molecule has 0 bridgehead atoms. The summed E-state index contributed by atoms with van der Waals surface area (Å²) in [4.78, 5) is 16.6. The molecular weight excluding hydrogens is 438 g/mol. The summed E-state index contributed by atoms with van der Waals surface area (Å²) in [6.45, 7) is 2.00. The van der Waals surface area contributed by atoms with E-state index >= 15 is 0 Å². The molecule has 1 fully saturated rings. The number of nitrogens with two attached hydrogens (primary N) is 1. The van der Waals surface area contributed by atoms with E-state index in [0.717, 1.165) is 36.1 Å². The molecule has 33 heavy (non-hydrogen) atoms. The number of rotatable bonds is 3. The van der Waals surface area contributed by atoms with Crippen LogP contribution in [0.15, 0.2) is 36.4 Å². The van der Waals surface area contributed by atoms with Crippen LogP contribution in [0.3, 0.4) is 0 Å². The summed E-state index contributed by atoms with van der Waals surface area (Å²) < 4.78 is 52.7. The number of amides is 1. The molecule has 1 unspecified atom stereocenters. The minimum atomic E-state index is -4.61. The Morgan fingerprint density at radius 1 is 1.12 bits per heavy atom. The second-order valence-corrected chi connectivity index (χ2v) is 8.44. The zero-order valence-corrected chi connectivity index (χ0v) is 17.9. The number of carbonyl (C=O) groups is 1. The molecule has 6 nitrogen and oxygen atoms in total. The fourth-order valence-electron chi connectivity index (χ4n) is 4.51. The molecule has 10 heteroatoms. The highest BCUT2D eigenvalue weighted by atomic mass is 19.4. The standard InChI is InChI=1S/C23H25F4N5O/c24-18-11-16(23(25,26)27)6-7-20(18)30-19-5-1-3-14-12-31(10-8-17(14)19)21(33)15-4-2-9-32(13-15)22(28)29/h1,3,5-7,11,15,30H,2,4,8-10,12-13H2,(H3,28,29). The van der Waals surface area contributed by atoms with Crippen LogP contribution in [-0.4, -0.2) is 41.3 Å². The van der Waals surface area contributed by atoms with Crippen LogP contribution in [-0.2, 0) is 23.9 Å². The van der Waals surface area contributed by atoms with Crippen molar-refractivity contribution in [3.05, 3.63) is 58.9 Å². The Labute approximate surface area is 188 Å². The van der Waals surface area contributed by atoms with Crippen molar-refractivity contribution in [1.82, 2.24) is 9.80 Å². The summed E-state index contributed by atoms with van der Waals surface area (Å²) in [5.41, 5.74) is 6.94. The van der Waals surface area contributed by atoms with Crippen molar-refractivity contribution in [3.63, 3.8) is 0 Å². The van der Waals surface area contributed by atoms with Crippen LogP contribution in [0.5, 0.6) is 0 Å². The molecule has 1 saturated heterocycles. The van der Waals surface area contributed by atoms with E-state index < -0.39 is 17.6 Å². The minimum Gasteiger partial charge on any atom is -0.370 e. The van der Waals surface area contributed by atoms with Gasteiger partial charge in [0.05, 0.1) is 17.2 Å². The van der Waals surface area contributed by atoms with Crippen molar-refractivity contribution >= 4 is 23.2 Å². The average molecular weight is 463 g/mol. The largest absolute Gasteiger partial charge is 0.416 e. The summed E-state index contributed by atoms with van der Waals surface area (Å²) in [6, 6.07) is 7.82. The van der Waals surface area contributed by atoms with Crippen molar-refractivity contribution in [1.29, 1.82) is 5.41 Å². The first-order valence-corrected chi connectivity index (χ1v) is 10.8. The number of likely N-dealkylation sites (tertiary alicyclic amines) is 1. The van der Waals surface area contributed by atoms with Crippen LogP contribution in [0, 0.1) is 17.1 Å². The Balaban J connectivity index is 1.49. The molecule has 0 saturated carbocycles. The Morgan fingerprint density at radius 2 is 1.91 bits per heavy atom. The zero-order valence-electron chi connectivity index (χ0n) is 17.9. The van der Waals surface area contributed by atoms with E-state index in [2.05, 4.69) is 5.32 Å². The van der Waals surface area contributed by atoms with Gasteiger partial charge in [0.25, 0.3) is 0 Å². The van der Waals surface area contributed by atoms with Crippen LogP contribution >= 0.6 is 0 Å². The summed E-state index contributed by atoms with van der Waals surface area (Å²) in [6.07, 6.45) is -2.52. The second-order valence-electron chi connectivity index (χ2n) is 8.44. The molecule has 1 atom stereocenters. The Hall–Kier alpha value is -3.30. The van der Waals surface area contributed by atoms with Crippen molar-refractivity contribution in [2.45, 2.75) is 32.0 Å². The summed E-state index contributed by atoms with van der Waals surface area (Å²) in [5, 5.41) is 10.5. The van der Waals surface area contributed by atoms with Gasteiger partial charge in [-0.3, -0.25) is 10.2 Å². The molecular formula is C23H25F4N5O. The molecule has 176 valence electrons. The first kappa shape index (κ1) is 22.9. The topological polar surface area (TPSA) is 85.5 Å². The number of nitrogens with zero attached hydrogens (tertiary/aromatic N) is 2. The van der Waals surface area contributed by atoms with Gasteiger partial charge in [-0.05, 0) is 54.7 Å². The second kappa shape index (κ2) is 8.92. The maximum atomic E-state index is 14.3. The van der Waals surface area contributed by atoms with Gasteiger partial charge < -0.3 is 20.9 Å². The highest BCUT2D eigenvalue weighted by Crippen LogP contribution is 2.34. The van der Waals surface area contributed by atoms with Gasteiger partial charge in [-0.15, -0.1) is 0 Å². The highest BCUT2D eigenvalue weighted by Gasteiger charge is 2.33. The number of hydrogen-bond donors (Lipinski definition) is 3. The lowest BCUT2D eigenvalue weighted by atomic mass is 9.93. The predicted molar refractivity (Wildman–Crippen MR) is 116 cm³/mol. The van der Waals surface area contributed by atoms with E-state index in [1.165, 1.54) is 0 Å². The molecule has 0 radical (unpaired) electrons. The van der Waals surface area contributed by atoms with Gasteiger partial charge in [-0.2, -0.15) is 13.2 Å². The van der Waals surface area contributed by atoms with Crippen molar-refractivity contribution in [2.24, 2.45) is 11.7 Å². The smallest absolute Gasteiger partial charge is 0.370 e. The minimum absolute atomic E-state index is 0.0253. The van der Waals surface area contributed by atoms with Crippen molar-refractivity contribution < 1.29 is 22.4 Å². The quantitative estimate of drug-likeness (QED) is 0.364. The van der Waals surface area contributed by atoms with Gasteiger partial charge in [0.1, 0.15) is 5.82 Å². The van der Waals surface area contributed by atoms with Gasteiger partial charge in [0.2, 0.25) is 5.91 Å². The van der Waals surface area contributed by atoms with Crippen LogP contribution in [0.25, 0.3) is 0 Å². The van der Waals surface area contributed by atoms with E-state index in [1.54, 1.807) is 21.9 Å². The number of alkyl halides is 3. The molecule has 0 aromatic heterocycles. The molecule has 2 aliphatic heterocycles. The van der Waals surface area contributed by atoms with Crippen LogP contribution in [0.1, 0.15) is 29.5 Å². The average Bonchev–Trinajstić information content (AvgIpc) is 2.79. The monoisotopic (exact) mass is 463 g/mol. The number of hydrogen-bond acceptors (Lipinski definition) is 3. The number of piperidine rings is 1. The molecule has 2 heterocycles. The van der Waals surface area contributed by atoms with E-state index in [-0.39, 0.29) is 23.5 Å². The predicted octanol–water partition coefficient (Wildman–Crippen LogP) is 4.08. The summed E-state index contributed by atoms with van der Waals surface area (Å²) in [7, 11) is 0. The maximum absolute atomic E-state index is 14.3.